The van der Waals surface area contributed by atoms with Gasteiger partial charge in [-0.2, -0.15) is 0 Å². The summed E-state index contributed by atoms with van der Waals surface area (Å²) in [7, 11) is 0. The van der Waals surface area contributed by atoms with E-state index in [0.29, 0.717) is 0 Å². The second kappa shape index (κ2) is 8.11. The van der Waals surface area contributed by atoms with Crippen molar-refractivity contribution in [2.45, 2.75) is 51.6 Å². The minimum Gasteiger partial charge on any atom is -0.381 e. The van der Waals surface area contributed by atoms with Gasteiger partial charge in [-0.3, -0.25) is 4.79 Å². The third kappa shape index (κ3) is 5.24. The van der Waals surface area contributed by atoms with Gasteiger partial charge in [0, 0.05) is 32.3 Å². The summed E-state index contributed by atoms with van der Waals surface area (Å²) in [6.45, 7) is 9.06. The minimum absolute atomic E-state index is 0.000502. The molecule has 0 bridgehead atoms. The third-order valence-corrected chi connectivity index (χ3v) is 4.74. The number of nitrogens with one attached hydrogen (secondary N) is 1. The Balaban J connectivity index is 1.73. The molecule has 122 valence electrons. The molecule has 5 heteroatoms. The highest BCUT2D eigenvalue weighted by Gasteiger charge is 2.27. The van der Waals surface area contributed by atoms with Gasteiger partial charge in [0.1, 0.15) is 0 Å². The fourth-order valence-electron chi connectivity index (χ4n) is 3.51. The quantitative estimate of drug-likeness (QED) is 0.794. The van der Waals surface area contributed by atoms with Crippen molar-refractivity contribution < 1.29 is 9.53 Å². The number of amides is 1. The van der Waals surface area contributed by atoms with E-state index in [1.807, 2.05) is 0 Å². The van der Waals surface area contributed by atoms with E-state index in [9.17, 15) is 4.79 Å². The molecule has 2 aliphatic rings. The maximum atomic E-state index is 12.3. The van der Waals surface area contributed by atoms with Crippen molar-refractivity contribution in [3.05, 3.63) is 0 Å². The van der Waals surface area contributed by atoms with Crippen LogP contribution in [0.25, 0.3) is 0 Å². The maximum Gasteiger partial charge on any atom is 0.237 e. The zero-order chi connectivity index (χ0) is 15.2. The maximum absolute atomic E-state index is 12.3. The monoisotopic (exact) mass is 297 g/mol. The molecule has 2 saturated heterocycles. The van der Waals surface area contributed by atoms with Crippen molar-refractivity contribution in [3.8, 4) is 0 Å². The summed E-state index contributed by atoms with van der Waals surface area (Å²) in [6.07, 6.45) is 4.38. The van der Waals surface area contributed by atoms with E-state index >= 15 is 0 Å². The van der Waals surface area contributed by atoms with E-state index < -0.39 is 6.04 Å². The van der Waals surface area contributed by atoms with Gasteiger partial charge < -0.3 is 20.7 Å². The van der Waals surface area contributed by atoms with Crippen molar-refractivity contribution in [2.75, 3.05) is 32.8 Å². The topological polar surface area (TPSA) is 67.6 Å². The molecule has 0 aromatic carbocycles. The molecular formula is C16H31N3O2. The molecule has 5 nitrogen and oxygen atoms in total. The fourth-order valence-corrected chi connectivity index (χ4v) is 3.51. The molecule has 3 unspecified atom stereocenters. The molecule has 0 spiro atoms. The third-order valence-electron chi connectivity index (χ3n) is 4.74. The van der Waals surface area contributed by atoms with Crippen LogP contribution in [0.15, 0.2) is 0 Å². The van der Waals surface area contributed by atoms with Crippen molar-refractivity contribution in [2.24, 2.45) is 17.6 Å². The first-order valence-corrected chi connectivity index (χ1v) is 8.42. The summed E-state index contributed by atoms with van der Waals surface area (Å²) >= 11 is 0. The first-order valence-electron chi connectivity index (χ1n) is 8.42. The number of hydrogen-bond acceptors (Lipinski definition) is 4. The van der Waals surface area contributed by atoms with Crippen molar-refractivity contribution in [1.82, 2.24) is 10.2 Å². The molecule has 2 aliphatic heterocycles. The van der Waals surface area contributed by atoms with Crippen LogP contribution >= 0.6 is 0 Å². The molecule has 0 aromatic heterocycles. The van der Waals surface area contributed by atoms with Gasteiger partial charge in [-0.25, -0.2) is 0 Å². The Morgan fingerprint density at radius 3 is 2.76 bits per heavy atom. The van der Waals surface area contributed by atoms with Crippen molar-refractivity contribution in [1.29, 1.82) is 0 Å². The summed E-state index contributed by atoms with van der Waals surface area (Å²) in [4.78, 5) is 14.7. The Labute approximate surface area is 128 Å². The number of likely N-dealkylation sites (tertiary alicyclic amines) is 1. The van der Waals surface area contributed by atoms with Crippen LogP contribution in [0.3, 0.4) is 0 Å². The molecular weight excluding hydrogens is 266 g/mol. The molecule has 21 heavy (non-hydrogen) atoms. The zero-order valence-electron chi connectivity index (χ0n) is 13.5. The van der Waals surface area contributed by atoms with E-state index in [-0.39, 0.29) is 17.9 Å². The largest absolute Gasteiger partial charge is 0.381 e. The number of piperidine rings is 1. The van der Waals surface area contributed by atoms with Gasteiger partial charge in [-0.1, -0.05) is 6.92 Å². The van der Waals surface area contributed by atoms with E-state index in [2.05, 4.69) is 24.1 Å². The van der Waals surface area contributed by atoms with Gasteiger partial charge in [0.2, 0.25) is 5.91 Å². The first-order chi connectivity index (χ1) is 10.1. The Morgan fingerprint density at radius 2 is 2.10 bits per heavy atom. The Hall–Kier alpha value is -0.650. The summed E-state index contributed by atoms with van der Waals surface area (Å²) in [5.41, 5.74) is 6.11. The van der Waals surface area contributed by atoms with Gasteiger partial charge >= 0.3 is 0 Å². The summed E-state index contributed by atoms with van der Waals surface area (Å²) in [5.74, 6) is 1.03. The average molecular weight is 297 g/mol. The van der Waals surface area contributed by atoms with E-state index in [0.717, 1.165) is 51.6 Å². The van der Waals surface area contributed by atoms with Gasteiger partial charge in [0.05, 0.1) is 6.04 Å². The average Bonchev–Trinajstić information content (AvgIpc) is 2.47. The van der Waals surface area contributed by atoms with Crippen LogP contribution in [0, 0.1) is 11.8 Å². The van der Waals surface area contributed by atoms with Crippen LogP contribution in [0.5, 0.6) is 0 Å². The zero-order valence-corrected chi connectivity index (χ0v) is 13.5. The lowest BCUT2D eigenvalue weighted by molar-refractivity contribution is -0.125. The van der Waals surface area contributed by atoms with Crippen LogP contribution in [-0.4, -0.2) is 55.7 Å². The van der Waals surface area contributed by atoms with Crippen molar-refractivity contribution in [3.63, 3.8) is 0 Å². The highest BCUT2D eigenvalue weighted by molar-refractivity contribution is 5.82. The lowest BCUT2D eigenvalue weighted by Crippen LogP contribution is -2.52. The normalized spacial score (nSPS) is 28.0. The first kappa shape index (κ1) is 16.7. The second-order valence-electron chi connectivity index (χ2n) is 6.89. The van der Waals surface area contributed by atoms with E-state index in [1.54, 1.807) is 0 Å². The molecule has 1 amide bonds. The summed E-state index contributed by atoms with van der Waals surface area (Å²) in [6, 6.07) is -0.231. The number of rotatable bonds is 5. The summed E-state index contributed by atoms with van der Waals surface area (Å²) < 4.78 is 5.33. The number of ether oxygens (including phenoxy) is 1. The van der Waals surface area contributed by atoms with Gasteiger partial charge in [-0.15, -0.1) is 0 Å². The van der Waals surface area contributed by atoms with E-state index in [1.165, 1.54) is 12.8 Å². The lowest BCUT2D eigenvalue weighted by Gasteiger charge is -2.33. The van der Waals surface area contributed by atoms with Gasteiger partial charge in [0.15, 0.2) is 0 Å². The number of hydrogen-bond donors (Lipinski definition) is 2. The fraction of sp³-hybridized carbons (Fsp3) is 0.938. The Kier molecular flexibility index (Phi) is 6.45. The summed E-state index contributed by atoms with van der Waals surface area (Å²) in [5, 5.41) is 3.09. The second-order valence-corrected chi connectivity index (χ2v) is 6.89. The lowest BCUT2D eigenvalue weighted by atomic mass is 9.91. The number of carbonyl (C=O) groups is 1. The van der Waals surface area contributed by atoms with E-state index in [4.69, 9.17) is 10.5 Å². The van der Waals surface area contributed by atoms with Crippen LogP contribution < -0.4 is 11.1 Å². The number of carbonyl (C=O) groups excluding carboxylic acids is 1. The SMILES string of the molecule is CC1CCCN(CC(C)NC(=O)C(N)C2CCOCC2)C1. The highest BCUT2D eigenvalue weighted by atomic mass is 16.5. The molecule has 2 heterocycles. The number of nitrogens with two attached hydrogens (primary N) is 1. The van der Waals surface area contributed by atoms with Crippen LogP contribution in [0.1, 0.15) is 39.5 Å². The molecule has 3 N–H and O–H groups in total. The molecule has 3 atom stereocenters. The van der Waals surface area contributed by atoms with Gasteiger partial charge in [-0.05, 0) is 51.0 Å². The number of nitrogens with zero attached hydrogens (tertiary/aromatic N) is 1. The van der Waals surface area contributed by atoms with Crippen LogP contribution in [-0.2, 0) is 9.53 Å². The molecule has 0 saturated carbocycles. The smallest absolute Gasteiger partial charge is 0.237 e. The molecule has 2 rings (SSSR count). The molecule has 0 aromatic rings. The molecule has 0 aliphatic carbocycles. The highest BCUT2D eigenvalue weighted by Crippen LogP contribution is 2.18. The minimum atomic E-state index is -0.392. The molecule has 2 fully saturated rings. The molecule has 0 radical (unpaired) electrons. The predicted octanol–water partition coefficient (Wildman–Crippen LogP) is 0.977. The standard InChI is InChI=1S/C16H31N3O2/c1-12-4-3-7-19(10-12)11-13(2)18-16(20)15(17)14-5-8-21-9-6-14/h12-15H,3-11,17H2,1-2H3,(H,18,20). The van der Waals surface area contributed by atoms with Crippen molar-refractivity contribution >= 4 is 5.91 Å². The predicted molar refractivity (Wildman–Crippen MR) is 84.0 cm³/mol. The van der Waals surface area contributed by atoms with Crippen LogP contribution in [0.2, 0.25) is 0 Å². The Morgan fingerprint density at radius 1 is 1.38 bits per heavy atom. The van der Waals surface area contributed by atoms with Crippen LogP contribution in [0.4, 0.5) is 0 Å². The van der Waals surface area contributed by atoms with Gasteiger partial charge in [0.25, 0.3) is 0 Å². The Bertz CT molecular complexity index is 331.